The predicted molar refractivity (Wildman–Crippen MR) is 68.1 cm³/mol. The molecule has 2 saturated heterocycles. The van der Waals surface area contributed by atoms with Gasteiger partial charge in [0.1, 0.15) is 17.2 Å². The van der Waals surface area contributed by atoms with Crippen LogP contribution in [0, 0.1) is 5.82 Å². The topological polar surface area (TPSA) is 73.7 Å². The number of nitrogens with zero attached hydrogens (tertiary/aromatic N) is 3. The van der Waals surface area contributed by atoms with E-state index in [2.05, 4.69) is 4.98 Å². The fourth-order valence-electron chi connectivity index (χ4n) is 2.90. The van der Waals surface area contributed by atoms with Crippen molar-refractivity contribution in [2.75, 3.05) is 24.5 Å². The standard InChI is InChI=1S/C13H14FN3O3/c14-8-5-10(13(19)20)12(15-6-8)16-3-4-17-9(7-16)1-2-11(17)18/h5-6,9H,1-4,7H2,(H,19,20). The molecule has 0 aliphatic carbocycles. The molecule has 0 bridgehead atoms. The number of hydrogen-bond donors (Lipinski definition) is 1. The maximum absolute atomic E-state index is 13.1. The molecule has 20 heavy (non-hydrogen) atoms. The predicted octanol–water partition coefficient (Wildman–Crippen LogP) is 0.730. The van der Waals surface area contributed by atoms with E-state index in [1.165, 1.54) is 0 Å². The van der Waals surface area contributed by atoms with Crippen LogP contribution in [0.1, 0.15) is 23.2 Å². The summed E-state index contributed by atoms with van der Waals surface area (Å²) in [5.41, 5.74) is -0.136. The lowest BCUT2D eigenvalue weighted by Crippen LogP contribution is -2.52. The van der Waals surface area contributed by atoms with E-state index >= 15 is 0 Å². The summed E-state index contributed by atoms with van der Waals surface area (Å²) in [4.78, 5) is 30.4. The number of pyridine rings is 1. The highest BCUT2D eigenvalue weighted by atomic mass is 19.1. The maximum atomic E-state index is 13.1. The normalized spacial score (nSPS) is 22.1. The Morgan fingerprint density at radius 3 is 3.00 bits per heavy atom. The van der Waals surface area contributed by atoms with Crippen molar-refractivity contribution in [3.63, 3.8) is 0 Å². The zero-order valence-corrected chi connectivity index (χ0v) is 10.8. The molecule has 7 heteroatoms. The van der Waals surface area contributed by atoms with Gasteiger partial charge in [0.05, 0.1) is 6.20 Å². The number of carboxylic acids is 1. The van der Waals surface area contributed by atoms with Crippen molar-refractivity contribution in [1.29, 1.82) is 0 Å². The minimum Gasteiger partial charge on any atom is -0.478 e. The van der Waals surface area contributed by atoms with Crippen LogP contribution in [-0.2, 0) is 4.79 Å². The van der Waals surface area contributed by atoms with Gasteiger partial charge in [0.25, 0.3) is 0 Å². The summed E-state index contributed by atoms with van der Waals surface area (Å²) in [5, 5.41) is 9.15. The molecule has 1 aromatic rings. The zero-order valence-electron chi connectivity index (χ0n) is 10.8. The minimum atomic E-state index is -1.20. The first-order valence-electron chi connectivity index (χ1n) is 6.49. The Kier molecular flexibility index (Phi) is 3.04. The van der Waals surface area contributed by atoms with Crippen molar-refractivity contribution in [2.45, 2.75) is 18.9 Å². The van der Waals surface area contributed by atoms with Crippen LogP contribution in [0.5, 0.6) is 0 Å². The lowest BCUT2D eigenvalue weighted by molar-refractivity contribution is -0.129. The Morgan fingerprint density at radius 2 is 2.25 bits per heavy atom. The molecule has 1 unspecified atom stereocenters. The quantitative estimate of drug-likeness (QED) is 0.864. The van der Waals surface area contributed by atoms with E-state index in [9.17, 15) is 14.0 Å². The number of aromatic nitrogens is 1. The van der Waals surface area contributed by atoms with Gasteiger partial charge in [0.15, 0.2) is 0 Å². The van der Waals surface area contributed by atoms with E-state index in [-0.39, 0.29) is 23.3 Å². The molecule has 0 spiro atoms. The number of anilines is 1. The minimum absolute atomic E-state index is 0.102. The molecule has 1 aromatic heterocycles. The molecule has 3 heterocycles. The van der Waals surface area contributed by atoms with Gasteiger partial charge in [-0.15, -0.1) is 0 Å². The molecule has 1 N–H and O–H groups in total. The van der Waals surface area contributed by atoms with Crippen LogP contribution in [0.2, 0.25) is 0 Å². The number of rotatable bonds is 2. The summed E-state index contributed by atoms with van der Waals surface area (Å²) < 4.78 is 13.1. The second-order valence-electron chi connectivity index (χ2n) is 5.06. The van der Waals surface area contributed by atoms with E-state index in [1.54, 1.807) is 0 Å². The van der Waals surface area contributed by atoms with Gasteiger partial charge in [-0.05, 0) is 12.5 Å². The number of aromatic carboxylic acids is 1. The molecule has 3 rings (SSSR count). The summed E-state index contributed by atoms with van der Waals surface area (Å²) >= 11 is 0. The SMILES string of the molecule is O=C(O)c1cc(F)cnc1N1CCN2C(=O)CCC2C1. The van der Waals surface area contributed by atoms with Crippen LogP contribution in [0.4, 0.5) is 10.2 Å². The van der Waals surface area contributed by atoms with E-state index in [0.717, 1.165) is 18.7 Å². The van der Waals surface area contributed by atoms with Crippen LogP contribution in [-0.4, -0.2) is 52.5 Å². The largest absolute Gasteiger partial charge is 0.478 e. The van der Waals surface area contributed by atoms with Gasteiger partial charge in [-0.2, -0.15) is 0 Å². The number of fused-ring (bicyclic) bond motifs is 1. The molecule has 106 valence electrons. The average Bonchev–Trinajstić information content (AvgIpc) is 2.80. The van der Waals surface area contributed by atoms with E-state index in [1.807, 2.05) is 9.80 Å². The monoisotopic (exact) mass is 279 g/mol. The third-order valence-corrected chi connectivity index (χ3v) is 3.86. The third kappa shape index (κ3) is 2.09. The summed E-state index contributed by atoms with van der Waals surface area (Å²) in [6.07, 6.45) is 2.34. The summed E-state index contributed by atoms with van der Waals surface area (Å²) in [7, 11) is 0. The van der Waals surface area contributed by atoms with Crippen LogP contribution in [0.25, 0.3) is 0 Å². The van der Waals surface area contributed by atoms with Crippen LogP contribution >= 0.6 is 0 Å². The molecular formula is C13H14FN3O3. The molecule has 2 aliphatic heterocycles. The van der Waals surface area contributed by atoms with Crippen molar-refractivity contribution >= 4 is 17.7 Å². The van der Waals surface area contributed by atoms with Crippen molar-refractivity contribution in [3.05, 3.63) is 23.6 Å². The molecule has 2 fully saturated rings. The van der Waals surface area contributed by atoms with Gasteiger partial charge >= 0.3 is 5.97 Å². The molecule has 1 atom stereocenters. The van der Waals surface area contributed by atoms with Gasteiger partial charge in [-0.1, -0.05) is 0 Å². The lowest BCUT2D eigenvalue weighted by atomic mass is 10.1. The lowest BCUT2D eigenvalue weighted by Gasteiger charge is -2.38. The molecule has 0 saturated carbocycles. The maximum Gasteiger partial charge on any atom is 0.339 e. The second kappa shape index (κ2) is 4.73. The van der Waals surface area contributed by atoms with Crippen LogP contribution in [0.3, 0.4) is 0 Å². The van der Waals surface area contributed by atoms with Crippen molar-refractivity contribution in [3.8, 4) is 0 Å². The average molecular weight is 279 g/mol. The number of hydrogen-bond acceptors (Lipinski definition) is 4. The van der Waals surface area contributed by atoms with E-state index in [0.29, 0.717) is 26.1 Å². The summed E-state index contributed by atoms with van der Waals surface area (Å²) in [6.45, 7) is 1.62. The summed E-state index contributed by atoms with van der Waals surface area (Å²) in [6, 6.07) is 1.08. The molecule has 0 radical (unpaired) electrons. The van der Waals surface area contributed by atoms with Gasteiger partial charge < -0.3 is 14.9 Å². The number of amides is 1. The Bertz CT molecular complexity index is 578. The molecular weight excluding hydrogens is 265 g/mol. The van der Waals surface area contributed by atoms with E-state index in [4.69, 9.17) is 5.11 Å². The number of carbonyl (C=O) groups excluding carboxylic acids is 1. The third-order valence-electron chi connectivity index (χ3n) is 3.86. The number of carbonyl (C=O) groups is 2. The first kappa shape index (κ1) is 12.8. The first-order chi connectivity index (χ1) is 9.56. The highest BCUT2D eigenvalue weighted by Gasteiger charge is 2.36. The Morgan fingerprint density at radius 1 is 1.45 bits per heavy atom. The molecule has 6 nitrogen and oxygen atoms in total. The number of piperazine rings is 1. The molecule has 0 aromatic carbocycles. The Balaban J connectivity index is 1.87. The second-order valence-corrected chi connectivity index (χ2v) is 5.06. The smallest absolute Gasteiger partial charge is 0.339 e. The van der Waals surface area contributed by atoms with Gasteiger partial charge in [-0.3, -0.25) is 4.79 Å². The van der Waals surface area contributed by atoms with Crippen molar-refractivity contribution in [2.24, 2.45) is 0 Å². The highest BCUT2D eigenvalue weighted by molar-refractivity contribution is 5.93. The molecule has 2 aliphatic rings. The Labute approximate surface area is 114 Å². The fourth-order valence-corrected chi connectivity index (χ4v) is 2.90. The van der Waals surface area contributed by atoms with Crippen LogP contribution < -0.4 is 4.90 Å². The summed E-state index contributed by atoms with van der Waals surface area (Å²) in [5.74, 6) is -1.43. The molecule has 1 amide bonds. The first-order valence-corrected chi connectivity index (χ1v) is 6.49. The fraction of sp³-hybridized carbons (Fsp3) is 0.462. The van der Waals surface area contributed by atoms with Crippen LogP contribution in [0.15, 0.2) is 12.3 Å². The van der Waals surface area contributed by atoms with Gasteiger partial charge in [-0.25, -0.2) is 14.2 Å². The van der Waals surface area contributed by atoms with Crippen molar-refractivity contribution in [1.82, 2.24) is 9.88 Å². The van der Waals surface area contributed by atoms with Gasteiger partial charge in [0, 0.05) is 32.1 Å². The Hall–Kier alpha value is -2.18. The number of carboxylic acid groups (broad SMARTS) is 1. The van der Waals surface area contributed by atoms with E-state index < -0.39 is 11.8 Å². The van der Waals surface area contributed by atoms with Gasteiger partial charge in [0.2, 0.25) is 5.91 Å². The zero-order chi connectivity index (χ0) is 14.3. The highest BCUT2D eigenvalue weighted by Crippen LogP contribution is 2.27. The number of halogens is 1. The van der Waals surface area contributed by atoms with Crippen molar-refractivity contribution < 1.29 is 19.1 Å².